The van der Waals surface area contributed by atoms with Crippen molar-refractivity contribution in [3.63, 3.8) is 0 Å². The minimum Gasteiger partial charge on any atom is -0.475 e. The average molecular weight is 473 g/mol. The molecule has 0 saturated heterocycles. The van der Waals surface area contributed by atoms with Crippen LogP contribution in [0.25, 0.3) is 21.5 Å². The van der Waals surface area contributed by atoms with Crippen molar-refractivity contribution in [3.05, 3.63) is 83.5 Å². The van der Waals surface area contributed by atoms with Crippen molar-refractivity contribution >= 4 is 34.1 Å². The highest BCUT2D eigenvalue weighted by atomic mass is 32.1. The summed E-state index contributed by atoms with van der Waals surface area (Å²) in [7, 11) is 0. The molecule has 10 heteroatoms. The highest BCUT2D eigenvalue weighted by Gasteiger charge is 2.38. The van der Waals surface area contributed by atoms with Crippen molar-refractivity contribution < 1.29 is 27.9 Å². The Hall–Kier alpha value is -3.79. The lowest BCUT2D eigenvalue weighted by molar-refractivity contribution is -0.192. The molecule has 0 atom stereocenters. The normalized spacial score (nSPS) is 10.9. The van der Waals surface area contributed by atoms with Gasteiger partial charge in [-0.1, -0.05) is 42.5 Å². The molecule has 6 nitrogen and oxygen atoms in total. The first-order chi connectivity index (χ1) is 15.7. The van der Waals surface area contributed by atoms with E-state index < -0.39 is 12.1 Å². The number of carboxylic acids is 1. The number of carboxylic acid groups (broad SMARTS) is 1. The molecule has 2 N–H and O–H groups in total. The van der Waals surface area contributed by atoms with Crippen LogP contribution in [0.4, 0.5) is 13.2 Å². The molecule has 2 aromatic carbocycles. The maximum absolute atomic E-state index is 12.2. The maximum Gasteiger partial charge on any atom is 0.490 e. The third kappa shape index (κ3) is 7.11. The largest absolute Gasteiger partial charge is 0.490 e. The fourth-order valence-corrected chi connectivity index (χ4v) is 3.59. The Morgan fingerprint density at radius 2 is 1.76 bits per heavy atom. The van der Waals surface area contributed by atoms with Gasteiger partial charge in [0.25, 0.3) is 0 Å². The Bertz CT molecular complexity index is 1240. The molecular formula is C23H18F3N3O3S. The second-order valence-corrected chi connectivity index (χ2v) is 7.65. The van der Waals surface area contributed by atoms with Crippen molar-refractivity contribution in [2.24, 2.45) is 0 Å². The summed E-state index contributed by atoms with van der Waals surface area (Å²) in [6, 6.07) is 20.0. The second kappa shape index (κ2) is 10.7. The molecule has 0 aliphatic rings. The van der Waals surface area contributed by atoms with E-state index in [9.17, 15) is 18.0 Å². The summed E-state index contributed by atoms with van der Waals surface area (Å²) >= 11 is 1.56. The van der Waals surface area contributed by atoms with Crippen molar-refractivity contribution in [1.29, 1.82) is 0 Å². The SMILES string of the molecule is O=C(Cc1csc(-c2ccccc2)n1)NCc1ccc2ncccc2c1.O=C(O)C(F)(F)F. The number of aliphatic carboxylic acids is 1. The number of alkyl halides is 3. The van der Waals surface area contributed by atoms with Gasteiger partial charge in [-0.05, 0) is 23.8 Å². The Kier molecular flexibility index (Phi) is 7.73. The Morgan fingerprint density at radius 1 is 1.03 bits per heavy atom. The summed E-state index contributed by atoms with van der Waals surface area (Å²) in [6.45, 7) is 0.499. The number of fused-ring (bicyclic) bond motifs is 1. The van der Waals surface area contributed by atoms with Gasteiger partial charge >= 0.3 is 12.1 Å². The van der Waals surface area contributed by atoms with E-state index in [4.69, 9.17) is 9.90 Å². The topological polar surface area (TPSA) is 92.2 Å². The number of rotatable bonds is 5. The molecule has 0 unspecified atom stereocenters. The smallest absolute Gasteiger partial charge is 0.475 e. The first-order valence-corrected chi connectivity index (χ1v) is 10.5. The number of nitrogens with one attached hydrogen (secondary N) is 1. The molecule has 0 radical (unpaired) electrons. The van der Waals surface area contributed by atoms with Crippen LogP contribution in [0, 0.1) is 0 Å². The molecule has 0 fully saturated rings. The van der Waals surface area contributed by atoms with Gasteiger partial charge in [0.05, 0.1) is 17.6 Å². The zero-order valence-electron chi connectivity index (χ0n) is 17.0. The Morgan fingerprint density at radius 3 is 2.45 bits per heavy atom. The van der Waals surface area contributed by atoms with Crippen molar-refractivity contribution in [2.75, 3.05) is 0 Å². The van der Waals surface area contributed by atoms with Crippen LogP contribution in [0.5, 0.6) is 0 Å². The van der Waals surface area contributed by atoms with E-state index in [1.165, 1.54) is 0 Å². The number of halogens is 3. The van der Waals surface area contributed by atoms with Crippen LogP contribution in [-0.4, -0.2) is 33.1 Å². The van der Waals surface area contributed by atoms with Gasteiger partial charge in [-0.25, -0.2) is 9.78 Å². The highest BCUT2D eigenvalue weighted by molar-refractivity contribution is 7.13. The van der Waals surface area contributed by atoms with Gasteiger partial charge in [0.1, 0.15) is 5.01 Å². The molecule has 2 aromatic heterocycles. The van der Waals surface area contributed by atoms with Crippen molar-refractivity contribution in [1.82, 2.24) is 15.3 Å². The predicted molar refractivity (Wildman–Crippen MR) is 119 cm³/mol. The number of nitrogens with zero attached hydrogens (tertiary/aromatic N) is 2. The van der Waals surface area contributed by atoms with Crippen LogP contribution in [0.1, 0.15) is 11.3 Å². The van der Waals surface area contributed by atoms with E-state index in [-0.39, 0.29) is 5.91 Å². The van der Waals surface area contributed by atoms with Gasteiger partial charge in [0.15, 0.2) is 0 Å². The minimum absolute atomic E-state index is 0.0267. The lowest BCUT2D eigenvalue weighted by atomic mass is 10.1. The molecule has 33 heavy (non-hydrogen) atoms. The fraction of sp³-hybridized carbons (Fsp3) is 0.130. The van der Waals surface area contributed by atoms with Gasteiger partial charge in [0, 0.05) is 29.1 Å². The van der Waals surface area contributed by atoms with Crippen molar-refractivity contribution in [2.45, 2.75) is 19.1 Å². The summed E-state index contributed by atoms with van der Waals surface area (Å²) in [5.41, 5.74) is 3.89. The second-order valence-electron chi connectivity index (χ2n) is 6.80. The molecule has 4 rings (SSSR count). The maximum atomic E-state index is 12.2. The average Bonchev–Trinajstić information content (AvgIpc) is 3.26. The molecule has 4 aromatic rings. The van der Waals surface area contributed by atoms with Crippen LogP contribution >= 0.6 is 11.3 Å². The van der Waals surface area contributed by atoms with E-state index in [0.29, 0.717) is 13.0 Å². The summed E-state index contributed by atoms with van der Waals surface area (Å²) in [5.74, 6) is -2.78. The van der Waals surface area contributed by atoms with Crippen LogP contribution in [-0.2, 0) is 22.6 Å². The van der Waals surface area contributed by atoms with Crippen LogP contribution in [0.3, 0.4) is 0 Å². The predicted octanol–water partition coefficient (Wildman–Crippen LogP) is 4.85. The monoisotopic (exact) mass is 473 g/mol. The minimum atomic E-state index is -5.08. The van der Waals surface area contributed by atoms with Crippen molar-refractivity contribution in [3.8, 4) is 10.6 Å². The van der Waals surface area contributed by atoms with Gasteiger partial charge in [0.2, 0.25) is 5.91 Å². The number of hydrogen-bond acceptors (Lipinski definition) is 5. The first-order valence-electron chi connectivity index (χ1n) is 9.62. The molecule has 2 heterocycles. The third-order valence-corrected chi connectivity index (χ3v) is 5.25. The fourth-order valence-electron chi connectivity index (χ4n) is 2.76. The lowest BCUT2D eigenvalue weighted by Gasteiger charge is -2.05. The van der Waals surface area contributed by atoms with E-state index in [2.05, 4.69) is 21.4 Å². The lowest BCUT2D eigenvalue weighted by Crippen LogP contribution is -2.24. The molecule has 170 valence electrons. The Balaban J connectivity index is 0.000000383. The zero-order valence-corrected chi connectivity index (χ0v) is 17.9. The van der Waals surface area contributed by atoms with Gasteiger partial charge in [-0.3, -0.25) is 9.78 Å². The van der Waals surface area contributed by atoms with Crippen LogP contribution in [0.2, 0.25) is 0 Å². The van der Waals surface area contributed by atoms with Gasteiger partial charge in [-0.2, -0.15) is 13.2 Å². The molecule has 1 amide bonds. The molecular weight excluding hydrogens is 455 g/mol. The number of benzene rings is 2. The zero-order chi connectivity index (χ0) is 23.8. The number of pyridine rings is 1. The molecule has 0 spiro atoms. The first kappa shape index (κ1) is 23.9. The summed E-state index contributed by atoms with van der Waals surface area (Å²) in [5, 5.41) is 14.1. The number of amides is 1. The molecule has 0 saturated carbocycles. The summed E-state index contributed by atoms with van der Waals surface area (Å²) in [6.07, 6.45) is -3.01. The number of hydrogen-bond donors (Lipinski definition) is 2. The molecule has 0 aliphatic heterocycles. The van der Waals surface area contributed by atoms with Gasteiger partial charge < -0.3 is 10.4 Å². The quantitative estimate of drug-likeness (QED) is 0.432. The van der Waals surface area contributed by atoms with E-state index >= 15 is 0 Å². The Labute approximate surface area is 190 Å². The third-order valence-electron chi connectivity index (χ3n) is 4.31. The summed E-state index contributed by atoms with van der Waals surface area (Å²) in [4.78, 5) is 30.0. The number of carbonyl (C=O) groups is 2. The number of thiazole rings is 1. The molecule has 0 bridgehead atoms. The van der Waals surface area contributed by atoms with Crippen LogP contribution < -0.4 is 5.32 Å². The van der Waals surface area contributed by atoms with Gasteiger partial charge in [-0.15, -0.1) is 11.3 Å². The van der Waals surface area contributed by atoms with E-state index in [0.717, 1.165) is 32.7 Å². The molecule has 0 aliphatic carbocycles. The van der Waals surface area contributed by atoms with Crippen LogP contribution in [0.15, 0.2) is 72.2 Å². The standard InChI is InChI=1S/C21H17N3OS.C2HF3O2/c25-20(12-18-14-26-21(24-18)16-5-2-1-3-6-16)23-13-15-8-9-19-17(11-15)7-4-10-22-19;3-2(4,5)1(6)7/h1-11,14H,12-13H2,(H,23,25);(H,6,7). The van der Waals surface area contributed by atoms with E-state index in [1.807, 2.05) is 60.0 Å². The highest BCUT2D eigenvalue weighted by Crippen LogP contribution is 2.23. The van der Waals surface area contributed by atoms with E-state index in [1.54, 1.807) is 17.5 Å². The summed E-state index contributed by atoms with van der Waals surface area (Å²) < 4.78 is 31.7. The number of carbonyl (C=O) groups excluding carboxylic acids is 1. The number of aromatic nitrogens is 2.